The SMILES string of the molecule is COc1ccccc1/C=C/C(=O)/C=C/c1ccccc1OCn1cnc2c(C)cccc2c1=O. The van der Waals surface area contributed by atoms with Gasteiger partial charge in [-0.2, -0.15) is 0 Å². The fourth-order valence-electron chi connectivity index (χ4n) is 3.52. The van der Waals surface area contributed by atoms with E-state index in [1.807, 2.05) is 61.5 Å². The van der Waals surface area contributed by atoms with Gasteiger partial charge in [0.1, 0.15) is 17.8 Å². The lowest BCUT2D eigenvalue weighted by Crippen LogP contribution is -2.23. The minimum Gasteiger partial charge on any atom is -0.496 e. The Hall–Kier alpha value is -4.45. The number of para-hydroxylation sites is 3. The molecule has 1 aromatic heterocycles. The van der Waals surface area contributed by atoms with Gasteiger partial charge in [-0.1, -0.05) is 48.5 Å². The lowest BCUT2D eigenvalue weighted by Gasteiger charge is -2.11. The highest BCUT2D eigenvalue weighted by Gasteiger charge is 2.07. The van der Waals surface area contributed by atoms with Gasteiger partial charge in [0.25, 0.3) is 5.56 Å². The third kappa shape index (κ3) is 5.13. The van der Waals surface area contributed by atoms with Crippen molar-refractivity contribution in [1.82, 2.24) is 9.55 Å². The third-order valence-corrected chi connectivity index (χ3v) is 5.33. The van der Waals surface area contributed by atoms with Gasteiger partial charge >= 0.3 is 0 Å². The molecule has 0 saturated carbocycles. The standard InChI is InChI=1S/C28H24N2O4/c1-20-8-7-11-24-27(20)29-18-30(28(24)32)19-34-26-13-6-4-10-22(26)15-17-23(31)16-14-21-9-3-5-12-25(21)33-2/h3-18H,19H2,1-2H3/b16-14+,17-15+. The van der Waals surface area contributed by atoms with Gasteiger partial charge in [-0.25, -0.2) is 4.98 Å². The Morgan fingerprint density at radius 3 is 2.26 bits per heavy atom. The molecule has 0 N–H and O–H groups in total. The topological polar surface area (TPSA) is 70.4 Å². The van der Waals surface area contributed by atoms with Crippen LogP contribution in [0.5, 0.6) is 11.5 Å². The Morgan fingerprint density at radius 2 is 1.56 bits per heavy atom. The molecule has 6 nitrogen and oxygen atoms in total. The van der Waals surface area contributed by atoms with E-state index in [1.54, 1.807) is 31.4 Å². The van der Waals surface area contributed by atoms with Gasteiger partial charge in [0.2, 0.25) is 0 Å². The summed E-state index contributed by atoms with van der Waals surface area (Å²) in [5.74, 6) is 1.07. The number of allylic oxidation sites excluding steroid dienone is 2. The fraction of sp³-hybridized carbons (Fsp3) is 0.107. The number of carbonyl (C=O) groups excluding carboxylic acids is 1. The maximum Gasteiger partial charge on any atom is 0.263 e. The number of hydrogen-bond donors (Lipinski definition) is 0. The van der Waals surface area contributed by atoms with Crippen LogP contribution in [0, 0.1) is 6.92 Å². The number of aromatic nitrogens is 2. The highest BCUT2D eigenvalue weighted by molar-refractivity contribution is 6.04. The highest BCUT2D eigenvalue weighted by Crippen LogP contribution is 2.21. The number of aryl methyl sites for hydroxylation is 1. The van der Waals surface area contributed by atoms with Crippen molar-refractivity contribution in [3.8, 4) is 11.5 Å². The van der Waals surface area contributed by atoms with Crippen molar-refractivity contribution in [2.75, 3.05) is 7.11 Å². The predicted molar refractivity (Wildman–Crippen MR) is 134 cm³/mol. The van der Waals surface area contributed by atoms with Gasteiger partial charge < -0.3 is 9.47 Å². The largest absolute Gasteiger partial charge is 0.496 e. The molecule has 6 heteroatoms. The zero-order valence-corrected chi connectivity index (χ0v) is 19.0. The predicted octanol–water partition coefficient (Wildman–Crippen LogP) is 5.05. The quantitative estimate of drug-likeness (QED) is 0.350. The first-order chi connectivity index (χ1) is 16.6. The zero-order valence-electron chi connectivity index (χ0n) is 19.0. The summed E-state index contributed by atoms with van der Waals surface area (Å²) < 4.78 is 12.6. The smallest absolute Gasteiger partial charge is 0.263 e. The maximum atomic E-state index is 12.8. The normalized spacial score (nSPS) is 11.4. The molecule has 34 heavy (non-hydrogen) atoms. The van der Waals surface area contributed by atoms with E-state index in [1.165, 1.54) is 23.0 Å². The van der Waals surface area contributed by atoms with Crippen LogP contribution in [0.4, 0.5) is 0 Å². The first kappa shape index (κ1) is 22.7. The molecule has 0 amide bonds. The van der Waals surface area contributed by atoms with E-state index in [0.29, 0.717) is 22.4 Å². The first-order valence-electron chi connectivity index (χ1n) is 10.8. The summed E-state index contributed by atoms with van der Waals surface area (Å²) in [5, 5.41) is 0.548. The summed E-state index contributed by atoms with van der Waals surface area (Å²) in [6.45, 7) is 1.92. The summed E-state index contributed by atoms with van der Waals surface area (Å²) in [4.78, 5) is 29.6. The van der Waals surface area contributed by atoms with Crippen LogP contribution in [-0.2, 0) is 11.5 Å². The molecule has 0 bridgehead atoms. The maximum absolute atomic E-state index is 12.8. The molecule has 0 unspecified atom stereocenters. The fourth-order valence-corrected chi connectivity index (χ4v) is 3.52. The lowest BCUT2D eigenvalue weighted by atomic mass is 10.1. The van der Waals surface area contributed by atoms with Gasteiger partial charge in [-0.3, -0.25) is 14.2 Å². The van der Waals surface area contributed by atoms with Crippen molar-refractivity contribution < 1.29 is 14.3 Å². The van der Waals surface area contributed by atoms with E-state index < -0.39 is 0 Å². The van der Waals surface area contributed by atoms with E-state index in [4.69, 9.17) is 9.47 Å². The number of ketones is 1. The molecular weight excluding hydrogens is 428 g/mol. The second kappa shape index (κ2) is 10.4. The molecule has 1 heterocycles. The van der Waals surface area contributed by atoms with Gasteiger partial charge in [0.05, 0.1) is 18.0 Å². The van der Waals surface area contributed by atoms with Crippen molar-refractivity contribution in [2.24, 2.45) is 0 Å². The molecule has 0 spiro atoms. The molecule has 3 aromatic carbocycles. The van der Waals surface area contributed by atoms with E-state index in [-0.39, 0.29) is 18.1 Å². The van der Waals surface area contributed by atoms with Crippen LogP contribution >= 0.6 is 0 Å². The van der Waals surface area contributed by atoms with Crippen LogP contribution in [0.25, 0.3) is 23.1 Å². The summed E-state index contributed by atoms with van der Waals surface area (Å²) in [6.07, 6.45) is 7.85. The Bertz CT molecular complexity index is 1450. The Labute approximate surface area is 197 Å². The van der Waals surface area contributed by atoms with Gasteiger partial charge in [0.15, 0.2) is 12.5 Å². The van der Waals surface area contributed by atoms with Crippen molar-refractivity contribution in [1.29, 1.82) is 0 Å². The number of methoxy groups -OCH3 is 1. The average Bonchev–Trinajstić information content (AvgIpc) is 2.87. The summed E-state index contributed by atoms with van der Waals surface area (Å²) in [6, 6.07) is 20.3. The molecule has 0 saturated heterocycles. The summed E-state index contributed by atoms with van der Waals surface area (Å²) in [7, 11) is 1.59. The number of ether oxygens (including phenoxy) is 2. The second-order valence-electron chi connectivity index (χ2n) is 7.61. The molecule has 0 radical (unpaired) electrons. The van der Waals surface area contributed by atoms with Gasteiger partial charge in [-0.05, 0) is 55.0 Å². The van der Waals surface area contributed by atoms with Crippen molar-refractivity contribution in [3.63, 3.8) is 0 Å². The van der Waals surface area contributed by atoms with Crippen LogP contribution < -0.4 is 15.0 Å². The minimum absolute atomic E-state index is 0.00220. The van der Waals surface area contributed by atoms with Crippen molar-refractivity contribution in [3.05, 3.63) is 112 Å². The molecule has 4 rings (SSSR count). The first-order valence-corrected chi connectivity index (χ1v) is 10.8. The molecule has 170 valence electrons. The van der Waals surface area contributed by atoms with Crippen LogP contribution in [-0.4, -0.2) is 22.4 Å². The minimum atomic E-state index is -0.175. The molecule has 0 aliphatic heterocycles. The monoisotopic (exact) mass is 452 g/mol. The van der Waals surface area contributed by atoms with Crippen LogP contribution in [0.1, 0.15) is 16.7 Å². The van der Waals surface area contributed by atoms with E-state index >= 15 is 0 Å². The number of nitrogens with zero attached hydrogens (tertiary/aromatic N) is 2. The molecule has 0 fully saturated rings. The van der Waals surface area contributed by atoms with E-state index in [0.717, 1.165) is 16.7 Å². The molecule has 0 atom stereocenters. The Kier molecular flexibility index (Phi) is 6.98. The second-order valence-corrected chi connectivity index (χ2v) is 7.61. The van der Waals surface area contributed by atoms with E-state index in [9.17, 15) is 9.59 Å². The lowest BCUT2D eigenvalue weighted by molar-refractivity contribution is -0.110. The average molecular weight is 453 g/mol. The Morgan fingerprint density at radius 1 is 0.912 bits per heavy atom. The van der Waals surface area contributed by atoms with Crippen LogP contribution in [0.15, 0.2) is 90.0 Å². The summed E-state index contributed by atoms with van der Waals surface area (Å²) >= 11 is 0. The number of benzene rings is 3. The van der Waals surface area contributed by atoms with E-state index in [2.05, 4.69) is 4.98 Å². The number of fused-ring (bicyclic) bond motifs is 1. The highest BCUT2D eigenvalue weighted by atomic mass is 16.5. The van der Waals surface area contributed by atoms with Crippen molar-refractivity contribution in [2.45, 2.75) is 13.7 Å². The molecule has 4 aromatic rings. The number of rotatable bonds is 8. The van der Waals surface area contributed by atoms with Crippen LogP contribution in [0.2, 0.25) is 0 Å². The van der Waals surface area contributed by atoms with Crippen molar-refractivity contribution >= 4 is 28.8 Å². The molecule has 0 aliphatic carbocycles. The molecular formula is C28H24N2O4. The third-order valence-electron chi connectivity index (χ3n) is 5.33. The number of carbonyl (C=O) groups is 1. The number of hydrogen-bond acceptors (Lipinski definition) is 5. The Balaban J connectivity index is 1.48. The summed E-state index contributed by atoms with van der Waals surface area (Å²) in [5.41, 5.74) is 3.01. The van der Waals surface area contributed by atoms with Crippen LogP contribution in [0.3, 0.4) is 0 Å². The molecule has 0 aliphatic rings. The van der Waals surface area contributed by atoms with Gasteiger partial charge in [0, 0.05) is 11.1 Å². The zero-order chi connectivity index (χ0) is 23.9. The van der Waals surface area contributed by atoms with Gasteiger partial charge in [-0.15, -0.1) is 0 Å².